The van der Waals surface area contributed by atoms with Crippen molar-refractivity contribution < 1.29 is 33.3 Å². The van der Waals surface area contributed by atoms with Crippen molar-refractivity contribution >= 4 is 5.97 Å². The molecule has 4 aromatic rings. The second-order valence-corrected chi connectivity index (χ2v) is 14.6. The van der Waals surface area contributed by atoms with Gasteiger partial charge < -0.3 is 28.5 Å². The molecule has 1 N–H and O–H groups in total. The highest BCUT2D eigenvalue weighted by molar-refractivity contribution is 5.89. The summed E-state index contributed by atoms with van der Waals surface area (Å²) >= 11 is 0. The number of hydrogen-bond donors (Lipinski definition) is 1. The molecule has 2 saturated carbocycles. The number of esters is 1. The maximum atomic E-state index is 13.8. The van der Waals surface area contributed by atoms with Gasteiger partial charge in [-0.15, -0.1) is 0 Å². The lowest BCUT2D eigenvalue weighted by molar-refractivity contribution is -0.258. The Labute approximate surface area is 297 Å². The average molecular weight is 691 g/mol. The van der Waals surface area contributed by atoms with Crippen LogP contribution in [0, 0.1) is 41.4 Å². The molecule has 3 aliphatic rings. The number of ether oxygens (including phenoxy) is 4. The van der Waals surface area contributed by atoms with Gasteiger partial charge in [-0.05, 0) is 86.8 Å². The zero-order chi connectivity index (χ0) is 36.1. The van der Waals surface area contributed by atoms with Gasteiger partial charge in [0.15, 0.2) is 6.29 Å². The first kappa shape index (κ1) is 34.6. The van der Waals surface area contributed by atoms with Crippen molar-refractivity contribution in [3.8, 4) is 23.1 Å². The third kappa shape index (κ3) is 6.03. The van der Waals surface area contributed by atoms with Crippen LogP contribution in [0.15, 0.2) is 88.3 Å². The van der Waals surface area contributed by atoms with Gasteiger partial charge in [-0.1, -0.05) is 43.7 Å². The SMILES string of the molecule is COC(O[C@H]1CCC2(C)C(CC(OC(=O)c3ccc(C#N)cc3)C3(C)Oc4cc(-c5cccnc5)oc(=O)c4C(O)C23)C1C)c1ccc(C)cc1. The number of nitrogens with zero attached hydrogens (tertiary/aromatic N) is 2. The van der Waals surface area contributed by atoms with Crippen LogP contribution in [0.25, 0.3) is 11.3 Å². The van der Waals surface area contributed by atoms with Crippen LogP contribution in [0.1, 0.15) is 85.0 Å². The molecule has 9 atom stereocenters. The number of aromatic nitrogens is 1. The Morgan fingerprint density at radius 1 is 1.12 bits per heavy atom. The summed E-state index contributed by atoms with van der Waals surface area (Å²) in [4.78, 5) is 31.6. The molecule has 264 valence electrons. The lowest BCUT2D eigenvalue weighted by atomic mass is 9.46. The first-order valence-electron chi connectivity index (χ1n) is 17.4. The smallest absolute Gasteiger partial charge is 0.345 e. The molecule has 0 amide bonds. The molecular formula is C41H42N2O8. The highest BCUT2D eigenvalue weighted by Gasteiger charge is 2.68. The zero-order valence-electron chi connectivity index (χ0n) is 29.4. The minimum atomic E-state index is -1.27. The summed E-state index contributed by atoms with van der Waals surface area (Å²) in [6.45, 7) is 8.17. The van der Waals surface area contributed by atoms with Gasteiger partial charge in [0, 0.05) is 42.6 Å². The topological polar surface area (TPSA) is 141 Å². The number of rotatable bonds is 7. The van der Waals surface area contributed by atoms with E-state index in [1.807, 2.05) is 38.1 Å². The Bertz CT molecular complexity index is 2010. The van der Waals surface area contributed by atoms with E-state index in [4.69, 9.17) is 23.4 Å². The van der Waals surface area contributed by atoms with Crippen LogP contribution in [-0.2, 0) is 14.2 Å². The predicted octanol–water partition coefficient (Wildman–Crippen LogP) is 7.09. The van der Waals surface area contributed by atoms with E-state index in [0.717, 1.165) is 11.1 Å². The first-order chi connectivity index (χ1) is 24.5. The molecule has 0 radical (unpaired) electrons. The van der Waals surface area contributed by atoms with Crippen LogP contribution in [0.2, 0.25) is 0 Å². The largest absolute Gasteiger partial charge is 0.482 e. The van der Waals surface area contributed by atoms with Crippen LogP contribution >= 0.6 is 0 Å². The van der Waals surface area contributed by atoms with E-state index < -0.39 is 47.0 Å². The van der Waals surface area contributed by atoms with Gasteiger partial charge >= 0.3 is 11.6 Å². The molecule has 7 rings (SSSR count). The molecule has 2 fully saturated rings. The van der Waals surface area contributed by atoms with Crippen LogP contribution in [0.4, 0.5) is 0 Å². The molecule has 10 heteroatoms. The lowest BCUT2D eigenvalue weighted by Gasteiger charge is -2.64. The Kier molecular flexibility index (Phi) is 9.08. The van der Waals surface area contributed by atoms with E-state index in [1.165, 1.54) is 0 Å². The molecule has 2 aromatic carbocycles. The lowest BCUT2D eigenvalue weighted by Crippen LogP contribution is -2.69. The number of fused-ring (bicyclic) bond motifs is 4. The fraction of sp³-hybridized carbons (Fsp3) is 0.415. The van der Waals surface area contributed by atoms with Crippen molar-refractivity contribution in [3.05, 3.63) is 117 Å². The number of carbonyl (C=O) groups is 1. The van der Waals surface area contributed by atoms with Gasteiger partial charge in [0.1, 0.15) is 28.8 Å². The zero-order valence-corrected chi connectivity index (χ0v) is 29.4. The number of pyridine rings is 1. The highest BCUT2D eigenvalue weighted by atomic mass is 16.7. The molecule has 2 aromatic heterocycles. The van der Waals surface area contributed by atoms with E-state index in [0.29, 0.717) is 30.4 Å². The van der Waals surface area contributed by atoms with E-state index in [2.05, 4.69) is 24.9 Å². The van der Waals surface area contributed by atoms with Gasteiger partial charge in [0.25, 0.3) is 0 Å². The molecule has 0 spiro atoms. The van der Waals surface area contributed by atoms with E-state index in [9.17, 15) is 20.0 Å². The van der Waals surface area contributed by atoms with Crippen molar-refractivity contribution in [1.82, 2.24) is 4.98 Å². The van der Waals surface area contributed by atoms with Crippen molar-refractivity contribution in [1.29, 1.82) is 5.26 Å². The first-order valence-corrected chi connectivity index (χ1v) is 17.4. The Morgan fingerprint density at radius 3 is 2.53 bits per heavy atom. The fourth-order valence-electron chi connectivity index (χ4n) is 9.03. The quantitative estimate of drug-likeness (QED) is 0.158. The number of benzene rings is 2. The number of methoxy groups -OCH3 is 1. The number of aliphatic hydroxyl groups is 1. The number of carbonyl (C=O) groups excluding carboxylic acids is 1. The van der Waals surface area contributed by atoms with Gasteiger partial charge in [0.05, 0.1) is 29.4 Å². The van der Waals surface area contributed by atoms with Gasteiger partial charge in [0.2, 0.25) is 0 Å². The standard InChI is InChI=1S/C41H42N2O8/c1-23-8-12-27(13-9-23)39(47-5)49-30-16-17-40(3)29(24(30)2)19-33(50-37(45)26-14-10-25(21-42)11-15-26)41(4)36(40)35(44)34-32(51-41)20-31(48-38(34)46)28-7-6-18-43-22-28/h6-15,18,20,22,24,29-30,33,35-36,39,44H,16-17,19H2,1-5H3/t24?,29?,30-,33?,35?,36?,39?,40?,41?/m0/s1. The van der Waals surface area contributed by atoms with Gasteiger partial charge in [-0.25, -0.2) is 9.59 Å². The Balaban J connectivity index is 1.27. The molecule has 1 aliphatic heterocycles. The van der Waals surface area contributed by atoms with E-state index in [1.54, 1.807) is 62.0 Å². The number of aryl methyl sites for hydroxylation is 1. The molecule has 10 nitrogen and oxygen atoms in total. The molecular weight excluding hydrogens is 648 g/mol. The van der Waals surface area contributed by atoms with Crippen LogP contribution in [0.3, 0.4) is 0 Å². The van der Waals surface area contributed by atoms with E-state index in [-0.39, 0.29) is 40.6 Å². The molecule has 0 bridgehead atoms. The molecule has 0 saturated heterocycles. The van der Waals surface area contributed by atoms with Crippen molar-refractivity contribution in [2.45, 2.75) is 77.2 Å². The molecule has 3 heterocycles. The maximum absolute atomic E-state index is 13.8. The van der Waals surface area contributed by atoms with Crippen LogP contribution in [0.5, 0.6) is 5.75 Å². The van der Waals surface area contributed by atoms with Gasteiger partial charge in [-0.2, -0.15) is 5.26 Å². The fourth-order valence-corrected chi connectivity index (χ4v) is 9.03. The van der Waals surface area contributed by atoms with Gasteiger partial charge in [-0.3, -0.25) is 4.98 Å². The van der Waals surface area contributed by atoms with Crippen molar-refractivity contribution in [2.75, 3.05) is 7.11 Å². The Hall–Kier alpha value is -4.82. The summed E-state index contributed by atoms with van der Waals surface area (Å²) in [6.07, 6.45) is 2.09. The third-order valence-electron chi connectivity index (χ3n) is 11.7. The molecule has 2 aliphatic carbocycles. The molecule has 51 heavy (non-hydrogen) atoms. The second kappa shape index (κ2) is 13.4. The summed E-state index contributed by atoms with van der Waals surface area (Å²) in [6, 6.07) is 21.5. The summed E-state index contributed by atoms with van der Waals surface area (Å²) in [7, 11) is 1.63. The second-order valence-electron chi connectivity index (χ2n) is 14.6. The maximum Gasteiger partial charge on any atom is 0.345 e. The van der Waals surface area contributed by atoms with Crippen LogP contribution in [-0.4, -0.2) is 41.0 Å². The summed E-state index contributed by atoms with van der Waals surface area (Å²) < 4.78 is 31.4. The minimum Gasteiger partial charge on any atom is -0.482 e. The van der Waals surface area contributed by atoms with Crippen LogP contribution < -0.4 is 10.4 Å². The summed E-state index contributed by atoms with van der Waals surface area (Å²) in [5, 5.41) is 21.6. The van der Waals surface area contributed by atoms with Crippen molar-refractivity contribution in [2.24, 2.45) is 23.2 Å². The number of nitriles is 1. The normalized spacial score (nSPS) is 30.1. The summed E-state index contributed by atoms with van der Waals surface area (Å²) in [5.41, 5.74) is 0.921. The third-order valence-corrected chi connectivity index (χ3v) is 11.7. The number of aliphatic hydroxyl groups excluding tert-OH is 1. The highest BCUT2D eigenvalue weighted by Crippen LogP contribution is 2.65. The van der Waals surface area contributed by atoms with Crippen molar-refractivity contribution in [3.63, 3.8) is 0 Å². The van der Waals surface area contributed by atoms with E-state index >= 15 is 0 Å². The molecule has 8 unspecified atom stereocenters. The average Bonchev–Trinajstić information content (AvgIpc) is 3.12. The summed E-state index contributed by atoms with van der Waals surface area (Å²) in [5.74, 6) is -0.948. The number of hydrogen-bond acceptors (Lipinski definition) is 10. The monoisotopic (exact) mass is 690 g/mol. The predicted molar refractivity (Wildman–Crippen MR) is 186 cm³/mol. The Morgan fingerprint density at radius 2 is 1.86 bits per heavy atom. The minimum absolute atomic E-state index is 0.0500.